The predicted octanol–water partition coefficient (Wildman–Crippen LogP) is 0.704. The minimum absolute atomic E-state index is 0.410. The van der Waals surface area contributed by atoms with Crippen LogP contribution in [0.4, 0.5) is 5.82 Å². The fourth-order valence-corrected chi connectivity index (χ4v) is 0.998. The Kier molecular flexibility index (Phi) is 2.83. The standard InChI is InChI=1S/C8H10N3Si/c1-12(2)6-3-7-8(9)11-5-4-10-7/h4-5H,1-2H3,(H2,9,11). The van der Waals surface area contributed by atoms with Gasteiger partial charge < -0.3 is 5.73 Å². The molecule has 0 atom stereocenters. The molecule has 1 rings (SSSR count). The van der Waals surface area contributed by atoms with Gasteiger partial charge in [-0.2, -0.15) is 0 Å². The zero-order valence-corrected chi connectivity index (χ0v) is 8.13. The van der Waals surface area contributed by atoms with Gasteiger partial charge in [-0.15, -0.1) is 5.54 Å². The molecule has 0 bridgehead atoms. The lowest BCUT2D eigenvalue weighted by atomic mass is 10.4. The Balaban J connectivity index is 2.92. The van der Waals surface area contributed by atoms with E-state index >= 15 is 0 Å². The Morgan fingerprint density at radius 1 is 1.33 bits per heavy atom. The Morgan fingerprint density at radius 3 is 2.58 bits per heavy atom. The molecule has 0 unspecified atom stereocenters. The van der Waals surface area contributed by atoms with E-state index < -0.39 is 8.80 Å². The summed E-state index contributed by atoms with van der Waals surface area (Å²) in [5.41, 5.74) is 9.20. The molecule has 3 nitrogen and oxygen atoms in total. The maximum absolute atomic E-state index is 5.54. The lowest BCUT2D eigenvalue weighted by molar-refractivity contribution is 1.19. The Bertz CT molecular complexity index is 325. The van der Waals surface area contributed by atoms with Crippen LogP contribution in [0.3, 0.4) is 0 Å². The van der Waals surface area contributed by atoms with Crippen LogP contribution in [0.15, 0.2) is 12.4 Å². The average molecular weight is 176 g/mol. The summed E-state index contributed by atoms with van der Waals surface area (Å²) in [6, 6.07) is 0. The van der Waals surface area contributed by atoms with E-state index in [1.807, 2.05) is 0 Å². The number of aromatic nitrogens is 2. The number of rotatable bonds is 0. The van der Waals surface area contributed by atoms with E-state index in [0.717, 1.165) is 0 Å². The second kappa shape index (κ2) is 3.88. The lowest BCUT2D eigenvalue weighted by Gasteiger charge is -1.93. The third-order valence-corrected chi connectivity index (χ3v) is 1.78. The molecule has 12 heavy (non-hydrogen) atoms. The fourth-order valence-electron chi connectivity index (χ4n) is 0.629. The first-order valence-corrected chi connectivity index (χ1v) is 6.09. The second-order valence-electron chi connectivity index (χ2n) is 2.54. The molecule has 0 fully saturated rings. The van der Waals surface area contributed by atoms with Crippen LogP contribution < -0.4 is 5.73 Å². The van der Waals surface area contributed by atoms with E-state index in [1.54, 1.807) is 12.4 Å². The Morgan fingerprint density at radius 2 is 2.00 bits per heavy atom. The van der Waals surface area contributed by atoms with Crippen molar-refractivity contribution < 1.29 is 0 Å². The molecule has 0 aliphatic carbocycles. The van der Waals surface area contributed by atoms with Crippen molar-refractivity contribution in [3.8, 4) is 11.5 Å². The first kappa shape index (κ1) is 8.75. The van der Waals surface area contributed by atoms with Gasteiger partial charge in [0.2, 0.25) is 0 Å². The van der Waals surface area contributed by atoms with Crippen molar-refractivity contribution in [3.63, 3.8) is 0 Å². The average Bonchev–Trinajstić information content (AvgIpc) is 2.03. The van der Waals surface area contributed by atoms with Crippen molar-refractivity contribution in [1.29, 1.82) is 0 Å². The number of nitrogens with zero attached hydrogens (tertiary/aromatic N) is 2. The summed E-state index contributed by atoms with van der Waals surface area (Å²) in [7, 11) is -0.533. The van der Waals surface area contributed by atoms with Gasteiger partial charge >= 0.3 is 0 Å². The van der Waals surface area contributed by atoms with Crippen molar-refractivity contribution in [1.82, 2.24) is 9.97 Å². The third-order valence-electron chi connectivity index (χ3n) is 1.16. The molecule has 1 aromatic rings. The summed E-state index contributed by atoms with van der Waals surface area (Å²) in [6.07, 6.45) is 3.16. The largest absolute Gasteiger partial charge is 0.381 e. The molecular weight excluding hydrogens is 166 g/mol. The molecule has 1 aromatic heterocycles. The summed E-state index contributed by atoms with van der Waals surface area (Å²) in [6.45, 7) is 4.23. The van der Waals surface area contributed by atoms with Crippen molar-refractivity contribution in [3.05, 3.63) is 18.1 Å². The van der Waals surface area contributed by atoms with Gasteiger partial charge in [-0.1, -0.05) is 19.0 Å². The molecule has 0 saturated heterocycles. The van der Waals surface area contributed by atoms with Crippen molar-refractivity contribution in [2.45, 2.75) is 13.1 Å². The van der Waals surface area contributed by atoms with Gasteiger partial charge in [0.15, 0.2) is 11.5 Å². The smallest absolute Gasteiger partial charge is 0.158 e. The van der Waals surface area contributed by atoms with Gasteiger partial charge in [0, 0.05) is 12.4 Å². The third kappa shape index (κ3) is 2.36. The number of anilines is 1. The highest BCUT2D eigenvalue weighted by atomic mass is 28.3. The van der Waals surface area contributed by atoms with Crippen molar-refractivity contribution in [2.75, 3.05) is 5.73 Å². The second-order valence-corrected chi connectivity index (χ2v) is 4.79. The van der Waals surface area contributed by atoms with Crippen LogP contribution in [0, 0.1) is 11.5 Å². The van der Waals surface area contributed by atoms with Gasteiger partial charge in [-0.05, 0) is 0 Å². The normalized spacial score (nSPS) is 9.25. The van der Waals surface area contributed by atoms with Crippen LogP contribution in [0.5, 0.6) is 0 Å². The molecule has 61 valence electrons. The van der Waals surface area contributed by atoms with Crippen LogP contribution >= 0.6 is 0 Å². The Hall–Kier alpha value is -1.34. The molecule has 4 heteroatoms. The molecule has 0 saturated carbocycles. The van der Waals surface area contributed by atoms with Crippen LogP contribution in [0.2, 0.25) is 13.1 Å². The molecule has 0 spiro atoms. The molecule has 0 aliphatic heterocycles. The monoisotopic (exact) mass is 176 g/mol. The van der Waals surface area contributed by atoms with Gasteiger partial charge in [0.1, 0.15) is 8.80 Å². The molecule has 2 N–H and O–H groups in total. The van der Waals surface area contributed by atoms with Crippen LogP contribution in [-0.2, 0) is 0 Å². The summed E-state index contributed by atoms with van der Waals surface area (Å²) in [5, 5.41) is 0. The lowest BCUT2D eigenvalue weighted by Crippen LogP contribution is -1.98. The fraction of sp³-hybridized carbons (Fsp3) is 0.250. The highest BCUT2D eigenvalue weighted by Gasteiger charge is 1.95. The summed E-state index contributed by atoms with van der Waals surface area (Å²) in [4.78, 5) is 7.89. The summed E-state index contributed by atoms with van der Waals surface area (Å²) >= 11 is 0. The van der Waals surface area contributed by atoms with Crippen LogP contribution in [0.1, 0.15) is 5.69 Å². The van der Waals surface area contributed by atoms with Gasteiger partial charge in [0.05, 0.1) is 0 Å². The molecule has 0 aromatic carbocycles. The zero-order valence-electron chi connectivity index (χ0n) is 7.13. The van der Waals surface area contributed by atoms with Gasteiger partial charge in [-0.3, -0.25) is 0 Å². The number of hydrogen-bond donors (Lipinski definition) is 1. The maximum Gasteiger partial charge on any atom is 0.158 e. The highest BCUT2D eigenvalue weighted by Crippen LogP contribution is 1.99. The molecule has 1 radical (unpaired) electrons. The van der Waals surface area contributed by atoms with Gasteiger partial charge in [-0.25, -0.2) is 9.97 Å². The molecule has 0 amide bonds. The quantitative estimate of drug-likeness (QED) is 0.468. The zero-order chi connectivity index (χ0) is 8.97. The first-order chi connectivity index (χ1) is 5.70. The van der Waals surface area contributed by atoms with E-state index in [0.29, 0.717) is 11.5 Å². The van der Waals surface area contributed by atoms with E-state index in [4.69, 9.17) is 5.73 Å². The van der Waals surface area contributed by atoms with E-state index in [-0.39, 0.29) is 0 Å². The minimum atomic E-state index is -0.533. The van der Waals surface area contributed by atoms with E-state index in [2.05, 4.69) is 34.5 Å². The minimum Gasteiger partial charge on any atom is -0.381 e. The molecule has 0 aliphatic rings. The molecular formula is C8H10N3Si. The number of nitrogen functional groups attached to an aromatic ring is 1. The van der Waals surface area contributed by atoms with Crippen molar-refractivity contribution in [2.24, 2.45) is 0 Å². The van der Waals surface area contributed by atoms with Crippen LogP contribution in [-0.4, -0.2) is 18.8 Å². The highest BCUT2D eigenvalue weighted by molar-refractivity contribution is 6.64. The predicted molar refractivity (Wildman–Crippen MR) is 50.8 cm³/mol. The summed E-state index contributed by atoms with van der Waals surface area (Å²) in [5.74, 6) is 3.32. The van der Waals surface area contributed by atoms with Crippen LogP contribution in [0.25, 0.3) is 0 Å². The number of hydrogen-bond acceptors (Lipinski definition) is 3. The Labute approximate surface area is 73.6 Å². The summed E-state index contributed by atoms with van der Waals surface area (Å²) < 4.78 is 0. The van der Waals surface area contributed by atoms with Crippen molar-refractivity contribution >= 4 is 14.6 Å². The first-order valence-electron chi connectivity index (χ1n) is 3.59. The SMILES string of the molecule is C[Si](C)C#Cc1nccnc1N. The van der Waals surface area contributed by atoms with E-state index in [1.165, 1.54) is 0 Å². The topological polar surface area (TPSA) is 51.8 Å². The van der Waals surface area contributed by atoms with E-state index in [9.17, 15) is 0 Å². The molecule has 1 heterocycles. The maximum atomic E-state index is 5.54. The number of nitrogens with two attached hydrogens (primary N) is 1. The van der Waals surface area contributed by atoms with Gasteiger partial charge in [0.25, 0.3) is 0 Å².